The van der Waals surface area contributed by atoms with E-state index in [1.807, 2.05) is 0 Å². The molecule has 2 saturated carbocycles. The molecule has 2 fully saturated rings. The Morgan fingerprint density at radius 2 is 1.33 bits per heavy atom. The summed E-state index contributed by atoms with van der Waals surface area (Å²) in [5, 5.41) is 14.2. The van der Waals surface area contributed by atoms with Gasteiger partial charge in [-0.1, -0.05) is 38.5 Å². The molecule has 4 heteroatoms. The summed E-state index contributed by atoms with van der Waals surface area (Å²) in [5.74, 6) is 0.721. The summed E-state index contributed by atoms with van der Waals surface area (Å²) in [6, 6.07) is 0. The van der Waals surface area contributed by atoms with Gasteiger partial charge in [0.05, 0.1) is 0 Å². The lowest BCUT2D eigenvalue weighted by molar-refractivity contribution is 0.0239. The van der Waals surface area contributed by atoms with Crippen molar-refractivity contribution in [2.24, 2.45) is 17.0 Å². The molecule has 2 rings (SSSR count). The highest BCUT2D eigenvalue weighted by atomic mass is 32.1. The second kappa shape index (κ2) is 6.38. The molecular weight excluding hydrogens is 244 g/mol. The summed E-state index contributed by atoms with van der Waals surface area (Å²) in [6.45, 7) is 0. The van der Waals surface area contributed by atoms with E-state index in [2.05, 4.69) is 17.7 Å². The van der Waals surface area contributed by atoms with Crippen LogP contribution in [0.4, 0.5) is 0 Å². The van der Waals surface area contributed by atoms with Crippen LogP contribution in [0.15, 0.2) is 5.11 Å². The predicted molar refractivity (Wildman–Crippen MR) is 76.0 cm³/mol. The van der Waals surface area contributed by atoms with E-state index >= 15 is 0 Å². The minimum absolute atomic E-state index is 0.361. The molecule has 1 unspecified atom stereocenters. The Morgan fingerprint density at radius 3 is 1.61 bits per heavy atom. The monoisotopic (exact) mass is 270 g/mol. The van der Waals surface area contributed by atoms with Gasteiger partial charge in [-0.15, -0.1) is 12.6 Å². The first kappa shape index (κ1) is 14.3. The van der Waals surface area contributed by atoms with E-state index in [4.69, 9.17) is 5.53 Å². The SMILES string of the molecule is N=NC(C(O)S)(C1CCCCC1)C1CCCCC1. The molecule has 0 aromatic heterocycles. The van der Waals surface area contributed by atoms with Crippen LogP contribution >= 0.6 is 12.6 Å². The van der Waals surface area contributed by atoms with Gasteiger partial charge in [-0.25, -0.2) is 5.53 Å². The maximum atomic E-state index is 10.2. The van der Waals surface area contributed by atoms with Crippen molar-refractivity contribution in [2.45, 2.75) is 75.2 Å². The zero-order valence-corrected chi connectivity index (χ0v) is 12.0. The summed E-state index contributed by atoms with van der Waals surface area (Å²) in [4.78, 5) is 0. The molecule has 2 aliphatic rings. The molecule has 0 aliphatic heterocycles. The second-order valence-corrected chi connectivity index (χ2v) is 6.53. The van der Waals surface area contributed by atoms with Gasteiger partial charge in [0.2, 0.25) is 0 Å². The molecule has 0 aromatic carbocycles. The van der Waals surface area contributed by atoms with Crippen molar-refractivity contribution in [3.63, 3.8) is 0 Å². The van der Waals surface area contributed by atoms with Gasteiger partial charge in [0.1, 0.15) is 11.0 Å². The van der Waals surface area contributed by atoms with Crippen LogP contribution < -0.4 is 0 Å². The van der Waals surface area contributed by atoms with Gasteiger partial charge < -0.3 is 5.11 Å². The highest BCUT2D eigenvalue weighted by Crippen LogP contribution is 2.47. The van der Waals surface area contributed by atoms with Crippen molar-refractivity contribution in [3.8, 4) is 0 Å². The number of thiol groups is 1. The highest BCUT2D eigenvalue weighted by Gasteiger charge is 2.50. The minimum Gasteiger partial charge on any atom is -0.380 e. The summed E-state index contributed by atoms with van der Waals surface area (Å²) in [7, 11) is 0. The summed E-state index contributed by atoms with van der Waals surface area (Å²) < 4.78 is 0. The Morgan fingerprint density at radius 1 is 0.944 bits per heavy atom. The number of nitrogens with zero attached hydrogens (tertiary/aromatic N) is 1. The van der Waals surface area contributed by atoms with Crippen LogP contribution in [0, 0.1) is 17.4 Å². The van der Waals surface area contributed by atoms with Crippen molar-refractivity contribution in [1.82, 2.24) is 0 Å². The first-order valence-corrected chi connectivity index (χ1v) is 7.98. The van der Waals surface area contributed by atoms with Crippen molar-refractivity contribution < 1.29 is 5.11 Å². The molecular formula is C14H26N2OS. The zero-order valence-electron chi connectivity index (χ0n) is 11.1. The third kappa shape index (κ3) is 2.60. The summed E-state index contributed by atoms with van der Waals surface area (Å²) in [6.07, 6.45) is 11.9. The molecule has 3 nitrogen and oxygen atoms in total. The number of rotatable bonds is 4. The van der Waals surface area contributed by atoms with Crippen LogP contribution in [-0.4, -0.2) is 16.1 Å². The third-order valence-corrected chi connectivity index (χ3v) is 5.54. The topological polar surface area (TPSA) is 56.4 Å². The molecule has 0 saturated heterocycles. The van der Waals surface area contributed by atoms with Crippen LogP contribution in [0.3, 0.4) is 0 Å². The Hall–Kier alpha value is -0.0900. The third-order valence-electron chi connectivity index (χ3n) is 5.13. The number of hydrogen-bond donors (Lipinski definition) is 3. The molecule has 18 heavy (non-hydrogen) atoms. The zero-order chi connectivity index (χ0) is 13.0. The Balaban J connectivity index is 2.22. The smallest absolute Gasteiger partial charge is 0.124 e. The second-order valence-electron chi connectivity index (χ2n) is 6.04. The van der Waals surface area contributed by atoms with Crippen LogP contribution in [0.2, 0.25) is 0 Å². The van der Waals surface area contributed by atoms with Gasteiger partial charge in [0.25, 0.3) is 0 Å². The Kier molecular flexibility index (Phi) is 5.07. The molecule has 0 aromatic rings. The van der Waals surface area contributed by atoms with Crippen LogP contribution in [0.5, 0.6) is 0 Å². The van der Waals surface area contributed by atoms with Crippen molar-refractivity contribution in [1.29, 1.82) is 5.53 Å². The fourth-order valence-electron chi connectivity index (χ4n) is 4.13. The van der Waals surface area contributed by atoms with Crippen molar-refractivity contribution in [2.75, 3.05) is 0 Å². The molecule has 0 radical (unpaired) electrons. The van der Waals surface area contributed by atoms with Crippen molar-refractivity contribution in [3.05, 3.63) is 0 Å². The predicted octanol–water partition coefficient (Wildman–Crippen LogP) is 4.16. The van der Waals surface area contributed by atoms with Gasteiger partial charge in [-0.05, 0) is 37.5 Å². The maximum Gasteiger partial charge on any atom is 0.124 e. The minimum atomic E-state index is -0.777. The number of aliphatic hydroxyl groups excluding tert-OH is 1. The fourth-order valence-corrected chi connectivity index (χ4v) is 4.60. The molecule has 2 aliphatic carbocycles. The lowest BCUT2D eigenvalue weighted by atomic mass is 9.65. The van der Waals surface area contributed by atoms with Gasteiger partial charge in [0.15, 0.2) is 0 Å². The largest absolute Gasteiger partial charge is 0.380 e. The number of aliphatic hydroxyl groups is 1. The van der Waals surface area contributed by atoms with Crippen LogP contribution in [0.1, 0.15) is 64.2 Å². The molecule has 0 bridgehead atoms. The van der Waals surface area contributed by atoms with Gasteiger partial charge >= 0.3 is 0 Å². The lowest BCUT2D eigenvalue weighted by Crippen LogP contribution is -2.51. The number of hydrogen-bond acceptors (Lipinski definition) is 4. The molecule has 0 heterocycles. The van der Waals surface area contributed by atoms with E-state index in [9.17, 15) is 5.11 Å². The van der Waals surface area contributed by atoms with E-state index in [1.54, 1.807) is 0 Å². The normalized spacial score (nSPS) is 25.9. The Bertz CT molecular complexity index is 253. The fraction of sp³-hybridized carbons (Fsp3) is 1.00. The molecule has 0 spiro atoms. The van der Waals surface area contributed by atoms with Gasteiger partial charge in [-0.2, -0.15) is 5.11 Å². The number of nitrogens with one attached hydrogen (secondary N) is 1. The van der Waals surface area contributed by atoms with Gasteiger partial charge in [-0.3, -0.25) is 0 Å². The first-order valence-electron chi connectivity index (χ1n) is 7.46. The van der Waals surface area contributed by atoms with E-state index in [0.717, 1.165) is 25.7 Å². The lowest BCUT2D eigenvalue weighted by Gasteiger charge is -2.46. The molecule has 1 atom stereocenters. The average molecular weight is 270 g/mol. The quantitative estimate of drug-likeness (QED) is 0.401. The molecule has 104 valence electrons. The van der Waals surface area contributed by atoms with Crippen LogP contribution in [0.25, 0.3) is 0 Å². The summed E-state index contributed by atoms with van der Waals surface area (Å²) in [5.41, 5.74) is 6.34. The van der Waals surface area contributed by atoms with Crippen LogP contribution in [-0.2, 0) is 0 Å². The Labute approximate surface area is 116 Å². The van der Waals surface area contributed by atoms with E-state index < -0.39 is 11.0 Å². The van der Waals surface area contributed by atoms with E-state index in [-0.39, 0.29) is 0 Å². The van der Waals surface area contributed by atoms with Gasteiger partial charge in [0, 0.05) is 0 Å². The summed E-state index contributed by atoms with van der Waals surface area (Å²) >= 11 is 4.32. The van der Waals surface area contributed by atoms with E-state index in [0.29, 0.717) is 11.8 Å². The van der Waals surface area contributed by atoms with Crippen molar-refractivity contribution >= 4 is 12.6 Å². The standard InChI is InChI=1S/C14H26N2OS/c15-16-14(13(17)18,11-7-3-1-4-8-11)12-9-5-2-6-10-12/h11-13,15,17-18H,1-10H2. The highest BCUT2D eigenvalue weighted by molar-refractivity contribution is 7.80. The van der Waals surface area contributed by atoms with E-state index in [1.165, 1.54) is 38.5 Å². The molecule has 0 amide bonds. The maximum absolute atomic E-state index is 10.2. The molecule has 2 N–H and O–H groups in total. The first-order chi connectivity index (χ1) is 8.71. The average Bonchev–Trinajstić information content (AvgIpc) is 2.42.